The van der Waals surface area contributed by atoms with Crippen LogP contribution in [0.4, 0.5) is 0 Å². The Bertz CT molecular complexity index is 1100. The van der Waals surface area contributed by atoms with Crippen LogP contribution in [-0.4, -0.2) is 105 Å². The quantitative estimate of drug-likeness (QED) is 0.407. The molecule has 0 bridgehead atoms. The molecule has 8 heteroatoms. The van der Waals surface area contributed by atoms with Crippen LogP contribution >= 0.6 is 0 Å². The summed E-state index contributed by atoms with van der Waals surface area (Å²) in [6.45, 7) is 19.8. The number of carboxylic acids is 1. The molecular weight excluding hydrogens is 514 g/mol. The lowest BCUT2D eigenvalue weighted by Crippen LogP contribution is -2.52. The van der Waals surface area contributed by atoms with Crippen LogP contribution in [0.15, 0.2) is 48.2 Å². The highest BCUT2D eigenvalue weighted by atomic mass is 16.4. The van der Waals surface area contributed by atoms with Crippen LogP contribution in [0.5, 0.6) is 0 Å². The van der Waals surface area contributed by atoms with Gasteiger partial charge in [-0.1, -0.05) is 52.0 Å². The molecule has 2 saturated heterocycles. The largest absolute Gasteiger partial charge is 0.478 e. The van der Waals surface area contributed by atoms with Crippen molar-refractivity contribution in [3.8, 4) is 0 Å². The topological polar surface area (TPSA) is 70.6 Å². The van der Waals surface area contributed by atoms with Crippen molar-refractivity contribution >= 4 is 11.9 Å². The first-order valence-corrected chi connectivity index (χ1v) is 15.6. The highest BCUT2D eigenvalue weighted by Crippen LogP contribution is 2.29. The Kier molecular flexibility index (Phi) is 10.7. The van der Waals surface area contributed by atoms with Crippen LogP contribution in [0.1, 0.15) is 65.5 Å². The monoisotopic (exact) mass is 565 g/mol. The number of aliphatic carboxylic acids is 1. The zero-order chi connectivity index (χ0) is 29.7. The van der Waals surface area contributed by atoms with Gasteiger partial charge in [-0.25, -0.2) is 4.79 Å². The van der Waals surface area contributed by atoms with E-state index in [0.29, 0.717) is 17.7 Å². The normalized spacial score (nSPS) is 23.5. The Balaban J connectivity index is 1.35. The molecule has 3 aliphatic rings. The van der Waals surface area contributed by atoms with Crippen molar-refractivity contribution in [1.29, 1.82) is 0 Å². The minimum Gasteiger partial charge on any atom is -0.478 e. The zero-order valence-electron chi connectivity index (χ0n) is 26.0. The summed E-state index contributed by atoms with van der Waals surface area (Å²) < 4.78 is 0. The van der Waals surface area contributed by atoms with E-state index in [2.05, 4.69) is 71.6 Å². The number of rotatable bonds is 12. The molecule has 1 aromatic rings. The van der Waals surface area contributed by atoms with Crippen LogP contribution in [0.2, 0.25) is 0 Å². The van der Waals surface area contributed by atoms with E-state index >= 15 is 0 Å². The summed E-state index contributed by atoms with van der Waals surface area (Å²) in [6, 6.07) is 10.1. The highest BCUT2D eigenvalue weighted by molar-refractivity contribution is 5.88. The fourth-order valence-corrected chi connectivity index (χ4v) is 6.71. The van der Waals surface area contributed by atoms with E-state index in [4.69, 9.17) is 0 Å². The lowest BCUT2D eigenvalue weighted by Gasteiger charge is -2.41. The van der Waals surface area contributed by atoms with E-state index < -0.39 is 5.97 Å². The molecule has 3 aliphatic heterocycles. The summed E-state index contributed by atoms with van der Waals surface area (Å²) in [4.78, 5) is 36.1. The number of likely N-dealkylation sites (tertiary alicyclic amines) is 2. The molecule has 0 aliphatic carbocycles. The van der Waals surface area contributed by atoms with Crippen LogP contribution in [-0.2, 0) is 22.7 Å². The van der Waals surface area contributed by atoms with E-state index in [9.17, 15) is 14.7 Å². The third kappa shape index (κ3) is 7.40. The van der Waals surface area contributed by atoms with Crippen molar-refractivity contribution in [2.24, 2.45) is 5.92 Å². The molecule has 0 spiro atoms. The van der Waals surface area contributed by atoms with Crippen molar-refractivity contribution in [2.45, 2.75) is 91.8 Å². The van der Waals surface area contributed by atoms with Gasteiger partial charge in [0.15, 0.2) is 0 Å². The number of nitrogens with zero attached hydrogens (tertiary/aromatic N) is 5. The fourth-order valence-electron chi connectivity index (χ4n) is 6.71. The molecule has 8 nitrogen and oxygen atoms in total. The van der Waals surface area contributed by atoms with Gasteiger partial charge in [-0.15, -0.1) is 0 Å². The molecule has 2 fully saturated rings. The second-order valence-corrected chi connectivity index (χ2v) is 12.4. The van der Waals surface area contributed by atoms with E-state index in [1.54, 1.807) is 6.08 Å². The van der Waals surface area contributed by atoms with Gasteiger partial charge in [0.1, 0.15) is 6.17 Å². The molecule has 3 atom stereocenters. The van der Waals surface area contributed by atoms with Gasteiger partial charge in [-0.2, -0.15) is 0 Å². The number of hydrogen-bond acceptors (Lipinski definition) is 6. The maximum absolute atomic E-state index is 12.5. The molecule has 1 N–H and O–H groups in total. The minimum atomic E-state index is -0.836. The SMILES string of the molecule is CCN(Cc1ccc(CN(CC)[C@@H]2CCN(C3C(C(=O)O)=CC=CN3C(C)C)C2)cc1)[C@@H]1CCN(C(=O)C(C)C)C1. The molecule has 4 rings (SSSR count). The summed E-state index contributed by atoms with van der Waals surface area (Å²) in [7, 11) is 0. The Hall–Kier alpha value is -2.68. The zero-order valence-corrected chi connectivity index (χ0v) is 26.0. The number of allylic oxidation sites excluding steroid dienone is 2. The number of carboxylic acid groups (broad SMARTS) is 1. The Labute approximate surface area is 247 Å². The Morgan fingerprint density at radius 3 is 1.98 bits per heavy atom. The van der Waals surface area contributed by atoms with E-state index in [0.717, 1.165) is 65.2 Å². The predicted octanol–water partition coefficient (Wildman–Crippen LogP) is 4.24. The third-order valence-electron chi connectivity index (χ3n) is 9.09. The van der Waals surface area contributed by atoms with E-state index in [1.165, 1.54) is 11.1 Å². The van der Waals surface area contributed by atoms with Crippen molar-refractivity contribution < 1.29 is 14.7 Å². The lowest BCUT2D eigenvalue weighted by atomic mass is 10.1. The highest BCUT2D eigenvalue weighted by Gasteiger charge is 2.38. The van der Waals surface area contributed by atoms with Crippen molar-refractivity contribution in [3.63, 3.8) is 0 Å². The number of benzene rings is 1. The maximum atomic E-state index is 12.5. The Morgan fingerprint density at radius 1 is 0.902 bits per heavy atom. The molecule has 1 unspecified atom stereocenters. The predicted molar refractivity (Wildman–Crippen MR) is 164 cm³/mol. The molecular formula is C33H51N5O3. The van der Waals surface area contributed by atoms with Gasteiger partial charge in [-0.3, -0.25) is 19.5 Å². The average molecular weight is 566 g/mol. The van der Waals surface area contributed by atoms with Gasteiger partial charge in [0.25, 0.3) is 0 Å². The third-order valence-corrected chi connectivity index (χ3v) is 9.09. The number of amides is 1. The van der Waals surface area contributed by atoms with Gasteiger partial charge in [0.05, 0.1) is 5.57 Å². The molecule has 1 aromatic carbocycles. The van der Waals surface area contributed by atoms with Gasteiger partial charge in [0, 0.05) is 69.5 Å². The smallest absolute Gasteiger partial charge is 0.335 e. The number of likely N-dealkylation sites (N-methyl/N-ethyl adjacent to an activating group) is 2. The molecule has 3 heterocycles. The molecule has 41 heavy (non-hydrogen) atoms. The summed E-state index contributed by atoms with van der Waals surface area (Å²) in [5.41, 5.74) is 3.08. The first-order valence-electron chi connectivity index (χ1n) is 15.6. The summed E-state index contributed by atoms with van der Waals surface area (Å²) >= 11 is 0. The van der Waals surface area contributed by atoms with Crippen LogP contribution in [0, 0.1) is 5.92 Å². The molecule has 226 valence electrons. The lowest BCUT2D eigenvalue weighted by molar-refractivity contribution is -0.134. The second kappa shape index (κ2) is 14.0. The van der Waals surface area contributed by atoms with Crippen molar-refractivity contribution in [3.05, 3.63) is 59.3 Å². The van der Waals surface area contributed by atoms with Crippen molar-refractivity contribution in [1.82, 2.24) is 24.5 Å². The molecule has 1 amide bonds. The van der Waals surface area contributed by atoms with Crippen LogP contribution < -0.4 is 0 Å². The Morgan fingerprint density at radius 2 is 1.46 bits per heavy atom. The summed E-state index contributed by atoms with van der Waals surface area (Å²) in [6.07, 6.45) is 7.50. The first-order chi connectivity index (χ1) is 19.6. The summed E-state index contributed by atoms with van der Waals surface area (Å²) in [5.74, 6) is -0.508. The van der Waals surface area contributed by atoms with Gasteiger partial charge in [-0.05, 0) is 63.1 Å². The number of carbonyl (C=O) groups is 2. The van der Waals surface area contributed by atoms with Crippen molar-refractivity contribution in [2.75, 3.05) is 39.3 Å². The van der Waals surface area contributed by atoms with Crippen LogP contribution in [0.25, 0.3) is 0 Å². The van der Waals surface area contributed by atoms with Crippen LogP contribution in [0.3, 0.4) is 0 Å². The number of hydrogen-bond donors (Lipinski definition) is 1. The standard InChI is InChI=1S/C33H51N5O3/c1-7-34(28-15-18-36(22-28)31-30(33(40)41)10-9-17-38(31)25(5)6)20-26-11-13-27(14-12-26)21-35(8-2)29-16-19-37(23-29)32(39)24(3)4/h9-14,17,24-25,28-29,31H,7-8,15-16,18-23H2,1-6H3,(H,40,41)/t28-,29-,31?/m1/s1. The minimum absolute atomic E-state index is 0.0598. The van der Waals surface area contributed by atoms with E-state index in [-0.39, 0.29) is 24.0 Å². The van der Waals surface area contributed by atoms with E-state index in [1.807, 2.05) is 31.0 Å². The maximum Gasteiger partial charge on any atom is 0.335 e. The molecule has 0 saturated carbocycles. The second-order valence-electron chi connectivity index (χ2n) is 12.4. The van der Waals surface area contributed by atoms with Gasteiger partial charge in [0.2, 0.25) is 5.91 Å². The fraction of sp³-hybridized carbons (Fsp3) is 0.636. The molecule has 0 radical (unpaired) electrons. The summed E-state index contributed by atoms with van der Waals surface area (Å²) in [5, 5.41) is 9.91. The average Bonchev–Trinajstić information content (AvgIpc) is 3.65. The first kappa shape index (κ1) is 31.3. The number of carbonyl (C=O) groups excluding carboxylic acids is 1. The van der Waals surface area contributed by atoms with Gasteiger partial charge >= 0.3 is 5.97 Å². The molecule has 0 aromatic heterocycles. The van der Waals surface area contributed by atoms with Gasteiger partial charge < -0.3 is 14.9 Å².